The monoisotopic (exact) mass is 364 g/mol. The molecule has 1 fully saturated rings. The van der Waals surface area contributed by atoms with Gasteiger partial charge in [0.2, 0.25) is 0 Å². The molecule has 4 amide bonds. The normalized spacial score (nSPS) is 16.7. The van der Waals surface area contributed by atoms with Crippen LogP contribution in [0.3, 0.4) is 0 Å². The maximum Gasteiger partial charge on any atom is 0.331 e. The van der Waals surface area contributed by atoms with Crippen LogP contribution in [0.15, 0.2) is 40.3 Å². The van der Waals surface area contributed by atoms with Crippen LogP contribution >= 0.6 is 23.2 Å². The molecule has 8 heteroatoms. The molecule has 0 unspecified atom stereocenters. The minimum Gasteiger partial charge on any atom is -0.457 e. The van der Waals surface area contributed by atoms with Crippen LogP contribution < -0.4 is 5.32 Å². The van der Waals surface area contributed by atoms with Crippen LogP contribution in [0.25, 0.3) is 17.4 Å². The fraction of sp³-hybridized carbons (Fsp3) is 0.0625. The van der Waals surface area contributed by atoms with Gasteiger partial charge in [-0.2, -0.15) is 0 Å². The predicted molar refractivity (Wildman–Crippen MR) is 88.4 cm³/mol. The Labute approximate surface area is 146 Å². The van der Waals surface area contributed by atoms with Crippen LogP contribution in [0.4, 0.5) is 4.79 Å². The molecule has 6 nitrogen and oxygen atoms in total. The Hall–Kier alpha value is -2.57. The second kappa shape index (κ2) is 6.14. The molecular weight excluding hydrogens is 355 g/mol. The topological polar surface area (TPSA) is 79.6 Å². The van der Waals surface area contributed by atoms with Gasteiger partial charge in [0.05, 0.1) is 5.02 Å². The summed E-state index contributed by atoms with van der Waals surface area (Å²) in [5.74, 6) is -0.745. The molecule has 0 saturated carbocycles. The summed E-state index contributed by atoms with van der Waals surface area (Å²) >= 11 is 12.0. The van der Waals surface area contributed by atoms with E-state index in [1.54, 1.807) is 30.3 Å². The minimum atomic E-state index is -0.773. The van der Waals surface area contributed by atoms with Crippen molar-refractivity contribution in [3.63, 3.8) is 0 Å². The second-order valence-electron chi connectivity index (χ2n) is 5.01. The number of benzene rings is 1. The molecule has 0 spiro atoms. The number of hydrogen-bond acceptors (Lipinski definition) is 4. The number of imide groups is 2. The lowest BCUT2D eigenvalue weighted by atomic mass is 10.1. The van der Waals surface area contributed by atoms with Crippen molar-refractivity contribution in [1.29, 1.82) is 0 Å². The minimum absolute atomic E-state index is 0.194. The molecule has 2 heterocycles. The number of amides is 4. The Kier molecular flexibility index (Phi) is 4.17. The van der Waals surface area contributed by atoms with Gasteiger partial charge in [0.25, 0.3) is 11.8 Å². The number of nitrogens with zero attached hydrogens (tertiary/aromatic N) is 1. The molecule has 1 N–H and O–H groups in total. The van der Waals surface area contributed by atoms with Crippen molar-refractivity contribution in [3.8, 4) is 11.3 Å². The van der Waals surface area contributed by atoms with Crippen molar-refractivity contribution in [2.75, 3.05) is 7.05 Å². The zero-order valence-electron chi connectivity index (χ0n) is 12.3. The zero-order valence-corrected chi connectivity index (χ0v) is 13.8. The third kappa shape index (κ3) is 2.93. The third-order valence-electron chi connectivity index (χ3n) is 3.41. The van der Waals surface area contributed by atoms with Gasteiger partial charge in [-0.05, 0) is 36.4 Å². The van der Waals surface area contributed by atoms with Gasteiger partial charge in [-0.15, -0.1) is 0 Å². The van der Waals surface area contributed by atoms with Crippen molar-refractivity contribution in [2.24, 2.45) is 0 Å². The first-order chi connectivity index (χ1) is 11.4. The largest absolute Gasteiger partial charge is 0.457 e. The number of nitrogens with one attached hydrogen (secondary N) is 1. The summed E-state index contributed by atoms with van der Waals surface area (Å²) in [6, 6.07) is 7.42. The average molecular weight is 365 g/mol. The van der Waals surface area contributed by atoms with E-state index in [2.05, 4.69) is 5.32 Å². The van der Waals surface area contributed by atoms with Crippen LogP contribution in [0.5, 0.6) is 0 Å². The highest BCUT2D eigenvalue weighted by Crippen LogP contribution is 2.32. The van der Waals surface area contributed by atoms with Crippen LogP contribution in [0.1, 0.15) is 5.76 Å². The van der Waals surface area contributed by atoms with Gasteiger partial charge in [-0.25, -0.2) is 4.79 Å². The molecule has 2 aromatic rings. The molecule has 1 saturated heterocycles. The number of halogens is 2. The van der Waals surface area contributed by atoms with Crippen LogP contribution in [-0.4, -0.2) is 29.8 Å². The summed E-state index contributed by atoms with van der Waals surface area (Å²) in [7, 11) is 1.28. The Morgan fingerprint density at radius 2 is 1.88 bits per heavy atom. The third-order valence-corrected chi connectivity index (χ3v) is 3.96. The smallest absolute Gasteiger partial charge is 0.331 e. The SMILES string of the molecule is CN1C(=O)NC(=O)/C(=C/c2ccc(-c3ccc(Cl)cc3Cl)o2)C1=O. The van der Waals surface area contributed by atoms with E-state index in [1.807, 2.05) is 0 Å². The molecule has 0 aliphatic carbocycles. The highest BCUT2D eigenvalue weighted by atomic mass is 35.5. The fourth-order valence-electron chi connectivity index (χ4n) is 2.15. The molecule has 0 atom stereocenters. The van der Waals surface area contributed by atoms with Crippen LogP contribution in [-0.2, 0) is 9.59 Å². The summed E-state index contributed by atoms with van der Waals surface area (Å²) in [5.41, 5.74) is 0.428. The van der Waals surface area contributed by atoms with E-state index in [-0.39, 0.29) is 11.3 Å². The number of urea groups is 1. The maximum atomic E-state index is 12.0. The Balaban J connectivity index is 1.95. The van der Waals surface area contributed by atoms with E-state index in [0.717, 1.165) is 4.90 Å². The van der Waals surface area contributed by atoms with Crippen molar-refractivity contribution < 1.29 is 18.8 Å². The molecule has 0 radical (unpaired) electrons. The van der Waals surface area contributed by atoms with Crippen LogP contribution in [0.2, 0.25) is 10.0 Å². The number of hydrogen-bond donors (Lipinski definition) is 1. The number of likely N-dealkylation sites (N-methyl/N-ethyl adjacent to an activating group) is 1. The fourth-order valence-corrected chi connectivity index (χ4v) is 2.65. The predicted octanol–water partition coefficient (Wildman–Crippen LogP) is 3.35. The number of carbonyl (C=O) groups excluding carboxylic acids is 3. The van der Waals surface area contributed by atoms with Gasteiger partial charge in [0.15, 0.2) is 0 Å². The Bertz CT molecular complexity index is 901. The number of rotatable bonds is 2. The summed E-state index contributed by atoms with van der Waals surface area (Å²) in [5, 5.41) is 2.97. The number of carbonyl (C=O) groups is 3. The molecule has 1 aliphatic heterocycles. The molecule has 122 valence electrons. The van der Waals surface area contributed by atoms with E-state index in [4.69, 9.17) is 27.6 Å². The van der Waals surface area contributed by atoms with Crippen molar-refractivity contribution in [1.82, 2.24) is 10.2 Å². The standard InChI is InChI=1S/C16H10Cl2N2O4/c1-20-15(22)11(14(21)19-16(20)23)7-9-3-5-13(24-9)10-4-2-8(17)6-12(10)18/h2-7H,1H3,(H,19,21,23)/b11-7-. The van der Waals surface area contributed by atoms with Gasteiger partial charge in [-0.1, -0.05) is 23.2 Å². The van der Waals surface area contributed by atoms with E-state index in [1.165, 1.54) is 13.1 Å². The lowest BCUT2D eigenvalue weighted by Gasteiger charge is -2.21. The lowest BCUT2D eigenvalue weighted by molar-refractivity contribution is -0.129. The molecule has 1 aliphatic rings. The van der Waals surface area contributed by atoms with E-state index in [9.17, 15) is 14.4 Å². The summed E-state index contributed by atoms with van der Waals surface area (Å²) in [6.07, 6.45) is 1.27. The zero-order chi connectivity index (χ0) is 17.4. The molecule has 1 aromatic carbocycles. The number of barbiturate groups is 1. The quantitative estimate of drug-likeness (QED) is 0.654. The highest BCUT2D eigenvalue weighted by molar-refractivity contribution is 6.36. The van der Waals surface area contributed by atoms with Gasteiger partial charge in [-0.3, -0.25) is 19.8 Å². The van der Waals surface area contributed by atoms with Crippen molar-refractivity contribution in [2.45, 2.75) is 0 Å². The van der Waals surface area contributed by atoms with Gasteiger partial charge >= 0.3 is 6.03 Å². The average Bonchev–Trinajstić information content (AvgIpc) is 2.98. The maximum absolute atomic E-state index is 12.0. The van der Waals surface area contributed by atoms with E-state index < -0.39 is 17.8 Å². The summed E-state index contributed by atoms with van der Waals surface area (Å²) in [6.45, 7) is 0. The molecular formula is C16H10Cl2N2O4. The lowest BCUT2D eigenvalue weighted by Crippen LogP contribution is -2.52. The first-order valence-electron chi connectivity index (χ1n) is 6.77. The summed E-state index contributed by atoms with van der Waals surface area (Å²) in [4.78, 5) is 36.0. The van der Waals surface area contributed by atoms with Crippen molar-refractivity contribution in [3.05, 3.63) is 51.7 Å². The number of furan rings is 1. The first kappa shape index (κ1) is 16.3. The molecule has 1 aromatic heterocycles. The Morgan fingerprint density at radius 1 is 1.12 bits per heavy atom. The van der Waals surface area contributed by atoms with Gasteiger partial charge in [0, 0.05) is 17.6 Å². The second-order valence-corrected chi connectivity index (χ2v) is 5.85. The van der Waals surface area contributed by atoms with Gasteiger partial charge < -0.3 is 4.42 Å². The van der Waals surface area contributed by atoms with Gasteiger partial charge in [0.1, 0.15) is 17.1 Å². The Morgan fingerprint density at radius 3 is 2.58 bits per heavy atom. The molecule has 24 heavy (non-hydrogen) atoms. The highest BCUT2D eigenvalue weighted by Gasteiger charge is 2.33. The van der Waals surface area contributed by atoms with E-state index in [0.29, 0.717) is 21.4 Å². The van der Waals surface area contributed by atoms with Crippen LogP contribution in [0, 0.1) is 0 Å². The molecule has 0 bridgehead atoms. The van der Waals surface area contributed by atoms with E-state index >= 15 is 0 Å². The molecule has 3 rings (SSSR count). The first-order valence-corrected chi connectivity index (χ1v) is 7.53. The van der Waals surface area contributed by atoms with Crippen molar-refractivity contribution >= 4 is 47.1 Å². The summed E-state index contributed by atoms with van der Waals surface area (Å²) < 4.78 is 5.61.